The molecule has 0 spiro atoms. The van der Waals surface area contributed by atoms with Gasteiger partial charge in [0, 0.05) is 15.1 Å². The zero-order valence-electron chi connectivity index (χ0n) is 12.7. The van der Waals surface area contributed by atoms with Gasteiger partial charge in [-0.3, -0.25) is 9.36 Å². The Morgan fingerprint density at radius 3 is 2.92 bits per heavy atom. The van der Waals surface area contributed by atoms with Gasteiger partial charge in [0.05, 0.1) is 17.2 Å². The molecule has 0 atom stereocenters. The van der Waals surface area contributed by atoms with E-state index in [4.69, 9.17) is 16.1 Å². The summed E-state index contributed by atoms with van der Waals surface area (Å²) in [4.78, 5) is 21.2. The van der Waals surface area contributed by atoms with Gasteiger partial charge in [-0.05, 0) is 30.3 Å². The van der Waals surface area contributed by atoms with Gasteiger partial charge in [-0.25, -0.2) is 4.98 Å². The second kappa shape index (κ2) is 6.42. The Morgan fingerprint density at radius 1 is 1.20 bits per heavy atom. The van der Waals surface area contributed by atoms with Crippen molar-refractivity contribution in [2.45, 2.75) is 6.54 Å². The van der Waals surface area contributed by atoms with E-state index in [2.05, 4.69) is 31.1 Å². The van der Waals surface area contributed by atoms with Gasteiger partial charge in [-0.15, -0.1) is 0 Å². The third kappa shape index (κ3) is 3.20. The molecule has 0 aliphatic rings. The van der Waals surface area contributed by atoms with Crippen LogP contribution in [0.5, 0.6) is 0 Å². The minimum atomic E-state index is -0.191. The standard InChI is InChI=1S/C17H10BrClN4O2/c18-11-3-1-2-10(6-11)16-21-15(25-22-16)8-23-9-20-14-7-12(19)4-5-13(14)17(23)24/h1-7,9H,8H2. The first-order valence-electron chi connectivity index (χ1n) is 7.33. The Morgan fingerprint density at radius 2 is 2.08 bits per heavy atom. The van der Waals surface area contributed by atoms with Crippen LogP contribution in [0.4, 0.5) is 0 Å². The first-order chi connectivity index (χ1) is 12.1. The fourth-order valence-electron chi connectivity index (χ4n) is 2.45. The zero-order valence-corrected chi connectivity index (χ0v) is 15.0. The van der Waals surface area contributed by atoms with Gasteiger partial charge < -0.3 is 4.52 Å². The zero-order chi connectivity index (χ0) is 17.4. The highest BCUT2D eigenvalue weighted by atomic mass is 79.9. The third-order valence-electron chi connectivity index (χ3n) is 3.64. The minimum absolute atomic E-state index is 0.144. The van der Waals surface area contributed by atoms with E-state index < -0.39 is 0 Å². The first kappa shape index (κ1) is 16.0. The number of hydrogen-bond donors (Lipinski definition) is 0. The Labute approximate surface area is 155 Å². The van der Waals surface area contributed by atoms with Crippen molar-refractivity contribution in [1.29, 1.82) is 0 Å². The molecule has 0 aliphatic heterocycles. The lowest BCUT2D eigenvalue weighted by atomic mass is 10.2. The smallest absolute Gasteiger partial charge is 0.261 e. The number of nitrogens with zero attached hydrogens (tertiary/aromatic N) is 4. The van der Waals surface area contributed by atoms with Gasteiger partial charge in [0.1, 0.15) is 6.54 Å². The molecule has 2 aromatic heterocycles. The molecule has 25 heavy (non-hydrogen) atoms. The predicted octanol–water partition coefficient (Wildman–Crippen LogP) is 3.91. The normalized spacial score (nSPS) is 11.1. The summed E-state index contributed by atoms with van der Waals surface area (Å²) in [6, 6.07) is 12.5. The molecule has 6 nitrogen and oxygen atoms in total. The van der Waals surface area contributed by atoms with Crippen molar-refractivity contribution in [2.75, 3.05) is 0 Å². The summed E-state index contributed by atoms with van der Waals surface area (Å²) in [6.45, 7) is 0.144. The monoisotopic (exact) mass is 416 g/mol. The van der Waals surface area contributed by atoms with Crippen LogP contribution in [0.25, 0.3) is 22.3 Å². The molecule has 0 radical (unpaired) electrons. The summed E-state index contributed by atoms with van der Waals surface area (Å²) in [5, 5.41) is 4.99. The lowest BCUT2D eigenvalue weighted by Gasteiger charge is -2.03. The molecule has 4 aromatic rings. The van der Waals surface area contributed by atoms with Crippen molar-refractivity contribution in [2.24, 2.45) is 0 Å². The van der Waals surface area contributed by atoms with Gasteiger partial charge in [-0.2, -0.15) is 4.98 Å². The van der Waals surface area contributed by atoms with E-state index in [1.807, 2.05) is 24.3 Å². The van der Waals surface area contributed by atoms with Crippen molar-refractivity contribution in [3.63, 3.8) is 0 Å². The topological polar surface area (TPSA) is 73.8 Å². The SMILES string of the molecule is O=c1c2ccc(Cl)cc2ncn1Cc1nc(-c2cccc(Br)c2)no1. The Bertz CT molecular complexity index is 1140. The second-order valence-corrected chi connectivity index (χ2v) is 6.71. The van der Waals surface area contributed by atoms with E-state index in [1.165, 1.54) is 10.9 Å². The average molecular weight is 418 g/mol. The summed E-state index contributed by atoms with van der Waals surface area (Å²) < 4.78 is 7.61. The van der Waals surface area contributed by atoms with Crippen molar-refractivity contribution in [1.82, 2.24) is 19.7 Å². The highest BCUT2D eigenvalue weighted by molar-refractivity contribution is 9.10. The molecule has 0 N–H and O–H groups in total. The maximum atomic E-state index is 12.5. The van der Waals surface area contributed by atoms with Crippen molar-refractivity contribution in [3.05, 3.63) is 74.5 Å². The van der Waals surface area contributed by atoms with E-state index in [9.17, 15) is 4.79 Å². The fourth-order valence-corrected chi connectivity index (χ4v) is 3.02. The number of hydrogen-bond acceptors (Lipinski definition) is 5. The second-order valence-electron chi connectivity index (χ2n) is 5.36. The van der Waals surface area contributed by atoms with Gasteiger partial charge in [0.15, 0.2) is 0 Å². The molecule has 0 bridgehead atoms. The van der Waals surface area contributed by atoms with Gasteiger partial charge in [0.25, 0.3) is 5.56 Å². The fraction of sp³-hybridized carbons (Fsp3) is 0.0588. The van der Waals surface area contributed by atoms with Crippen LogP contribution in [-0.4, -0.2) is 19.7 Å². The minimum Gasteiger partial charge on any atom is -0.337 e. The molecule has 2 heterocycles. The molecule has 0 unspecified atom stereocenters. The molecular formula is C17H10BrClN4O2. The van der Waals surface area contributed by atoms with Crippen LogP contribution in [0.3, 0.4) is 0 Å². The van der Waals surface area contributed by atoms with E-state index in [1.54, 1.807) is 18.2 Å². The van der Waals surface area contributed by atoms with E-state index in [0.717, 1.165) is 10.0 Å². The maximum absolute atomic E-state index is 12.5. The van der Waals surface area contributed by atoms with E-state index in [-0.39, 0.29) is 12.1 Å². The lowest BCUT2D eigenvalue weighted by molar-refractivity contribution is 0.369. The summed E-state index contributed by atoms with van der Waals surface area (Å²) in [5.74, 6) is 0.789. The highest BCUT2D eigenvalue weighted by Crippen LogP contribution is 2.20. The summed E-state index contributed by atoms with van der Waals surface area (Å²) in [6.07, 6.45) is 1.45. The summed E-state index contributed by atoms with van der Waals surface area (Å²) in [7, 11) is 0. The van der Waals surface area contributed by atoms with Crippen molar-refractivity contribution in [3.8, 4) is 11.4 Å². The number of aromatic nitrogens is 4. The van der Waals surface area contributed by atoms with Gasteiger partial charge in [0.2, 0.25) is 11.7 Å². The maximum Gasteiger partial charge on any atom is 0.261 e. The van der Waals surface area contributed by atoms with Crippen LogP contribution in [0, 0.1) is 0 Å². The van der Waals surface area contributed by atoms with Gasteiger partial charge in [-0.1, -0.05) is 44.8 Å². The Hall–Kier alpha value is -2.51. The number of rotatable bonds is 3. The molecule has 8 heteroatoms. The molecule has 0 fully saturated rings. The predicted molar refractivity (Wildman–Crippen MR) is 97.5 cm³/mol. The van der Waals surface area contributed by atoms with Crippen LogP contribution >= 0.6 is 27.5 Å². The third-order valence-corrected chi connectivity index (χ3v) is 4.37. The first-order valence-corrected chi connectivity index (χ1v) is 8.50. The lowest BCUT2D eigenvalue weighted by Crippen LogP contribution is -2.21. The average Bonchev–Trinajstić information content (AvgIpc) is 3.06. The Kier molecular flexibility index (Phi) is 4.10. The molecule has 0 saturated heterocycles. The molecule has 0 saturated carbocycles. The molecule has 0 amide bonds. The molecule has 0 aliphatic carbocycles. The number of fused-ring (bicyclic) bond motifs is 1. The number of halogens is 2. The molecular weight excluding hydrogens is 408 g/mol. The highest BCUT2D eigenvalue weighted by Gasteiger charge is 2.12. The van der Waals surface area contributed by atoms with Crippen LogP contribution in [-0.2, 0) is 6.54 Å². The van der Waals surface area contributed by atoms with Crippen LogP contribution < -0.4 is 5.56 Å². The van der Waals surface area contributed by atoms with Gasteiger partial charge >= 0.3 is 0 Å². The molecule has 124 valence electrons. The van der Waals surface area contributed by atoms with Crippen LogP contribution in [0.1, 0.15) is 5.89 Å². The molecule has 4 rings (SSSR count). The largest absolute Gasteiger partial charge is 0.337 e. The molecule has 2 aromatic carbocycles. The number of benzene rings is 2. The van der Waals surface area contributed by atoms with Crippen molar-refractivity contribution >= 4 is 38.4 Å². The Balaban J connectivity index is 1.67. The summed E-state index contributed by atoms with van der Waals surface area (Å²) in [5.41, 5.74) is 1.18. The van der Waals surface area contributed by atoms with E-state index in [0.29, 0.717) is 27.6 Å². The van der Waals surface area contributed by atoms with E-state index >= 15 is 0 Å². The van der Waals surface area contributed by atoms with Crippen LogP contribution in [0.2, 0.25) is 5.02 Å². The van der Waals surface area contributed by atoms with Crippen molar-refractivity contribution < 1.29 is 4.52 Å². The quantitative estimate of drug-likeness (QED) is 0.505. The summed E-state index contributed by atoms with van der Waals surface area (Å²) >= 11 is 9.34. The van der Waals surface area contributed by atoms with Crippen LogP contribution in [0.15, 0.2) is 62.6 Å².